The Hall–Kier alpha value is -3.74. The molecule has 230 valence electrons. The second-order valence-electron chi connectivity index (χ2n) is 10.9. The van der Waals surface area contributed by atoms with Gasteiger partial charge in [0.2, 0.25) is 10.9 Å². The Morgan fingerprint density at radius 1 is 1.07 bits per heavy atom. The predicted molar refractivity (Wildman–Crippen MR) is 174 cm³/mol. The Balaban J connectivity index is 1.52. The van der Waals surface area contributed by atoms with Crippen LogP contribution in [0.2, 0.25) is 0 Å². The van der Waals surface area contributed by atoms with Gasteiger partial charge >= 0.3 is 0 Å². The van der Waals surface area contributed by atoms with Crippen molar-refractivity contribution in [2.45, 2.75) is 57.2 Å². The standard InChI is InChI=1S/C32H34N4O5S3/c1-17(2)13-14-41-23-12-11-22(15-24(23)40-6)26-25(27(37)29-19(4)33-20(5)43-29)28(38)30(39)36(26)31-34-35-32(44-31)42-16-21-9-7-18(3)8-10-21/h7-12,15,17,26,38H,13-14,16H2,1-6H3. The summed E-state index contributed by atoms with van der Waals surface area (Å²) >= 11 is 3.97. The van der Waals surface area contributed by atoms with Gasteiger partial charge in [0.05, 0.1) is 40.9 Å². The van der Waals surface area contributed by atoms with Crippen LogP contribution in [0.4, 0.5) is 5.13 Å². The van der Waals surface area contributed by atoms with Crippen LogP contribution in [0.1, 0.15) is 63.4 Å². The fourth-order valence-corrected chi connectivity index (χ4v) is 7.48. The number of aryl methyl sites for hydroxylation is 3. The molecule has 44 heavy (non-hydrogen) atoms. The molecule has 12 heteroatoms. The molecule has 0 bridgehead atoms. The van der Waals surface area contributed by atoms with Gasteiger partial charge in [-0.2, -0.15) is 0 Å². The van der Waals surface area contributed by atoms with Crippen molar-refractivity contribution >= 4 is 51.3 Å². The molecule has 0 saturated heterocycles. The van der Waals surface area contributed by atoms with E-state index in [0.29, 0.717) is 55.3 Å². The molecule has 1 unspecified atom stereocenters. The highest BCUT2D eigenvalue weighted by molar-refractivity contribution is 8.00. The number of rotatable bonds is 12. The van der Waals surface area contributed by atoms with E-state index in [1.165, 1.54) is 52.0 Å². The Bertz CT molecular complexity index is 1710. The van der Waals surface area contributed by atoms with E-state index >= 15 is 0 Å². The number of hydrogen-bond acceptors (Lipinski definition) is 11. The molecule has 1 amide bonds. The van der Waals surface area contributed by atoms with E-state index in [2.05, 4.69) is 53.3 Å². The normalized spacial score (nSPS) is 15.0. The van der Waals surface area contributed by atoms with Crippen molar-refractivity contribution in [2.24, 2.45) is 5.92 Å². The minimum Gasteiger partial charge on any atom is -0.503 e. The van der Waals surface area contributed by atoms with Crippen LogP contribution in [0, 0.1) is 26.7 Å². The maximum atomic E-state index is 14.0. The molecular weight excluding hydrogens is 617 g/mol. The molecule has 0 spiro atoms. The molecule has 9 nitrogen and oxygen atoms in total. The first-order valence-electron chi connectivity index (χ1n) is 14.1. The molecule has 5 rings (SSSR count). The summed E-state index contributed by atoms with van der Waals surface area (Å²) in [6, 6.07) is 12.6. The maximum absolute atomic E-state index is 14.0. The topological polar surface area (TPSA) is 115 Å². The Labute approximate surface area is 269 Å². The van der Waals surface area contributed by atoms with Crippen LogP contribution in [-0.4, -0.2) is 45.7 Å². The van der Waals surface area contributed by atoms with Crippen LogP contribution < -0.4 is 14.4 Å². The van der Waals surface area contributed by atoms with Crippen LogP contribution in [0.5, 0.6) is 11.5 Å². The molecule has 3 heterocycles. The van der Waals surface area contributed by atoms with Gasteiger partial charge in [-0.1, -0.05) is 72.8 Å². The fraction of sp³-hybridized carbons (Fsp3) is 0.344. The number of hydrogen-bond donors (Lipinski definition) is 1. The highest BCUT2D eigenvalue weighted by atomic mass is 32.2. The second kappa shape index (κ2) is 13.5. The summed E-state index contributed by atoms with van der Waals surface area (Å²) in [5.74, 6) is 0.359. The number of thiazole rings is 1. The van der Waals surface area contributed by atoms with Crippen LogP contribution in [0.25, 0.3) is 0 Å². The molecule has 1 N–H and O–H groups in total. The summed E-state index contributed by atoms with van der Waals surface area (Å²) in [6.45, 7) is 10.4. The zero-order chi connectivity index (χ0) is 31.5. The number of aliphatic hydroxyl groups excluding tert-OH is 1. The van der Waals surface area contributed by atoms with Crippen molar-refractivity contribution in [3.05, 3.63) is 86.1 Å². The number of carbonyl (C=O) groups excluding carboxylic acids is 2. The fourth-order valence-electron chi connectivity index (χ4n) is 4.78. The van der Waals surface area contributed by atoms with Gasteiger partial charge in [-0.3, -0.25) is 14.5 Å². The highest BCUT2D eigenvalue weighted by Gasteiger charge is 2.47. The predicted octanol–water partition coefficient (Wildman–Crippen LogP) is 7.43. The van der Waals surface area contributed by atoms with Crippen molar-refractivity contribution in [1.82, 2.24) is 15.2 Å². The Kier molecular flexibility index (Phi) is 9.72. The summed E-state index contributed by atoms with van der Waals surface area (Å²) < 4.78 is 12.3. The van der Waals surface area contributed by atoms with Crippen molar-refractivity contribution in [1.29, 1.82) is 0 Å². The summed E-state index contributed by atoms with van der Waals surface area (Å²) in [4.78, 5) is 33.8. The summed E-state index contributed by atoms with van der Waals surface area (Å²) in [5.41, 5.74) is 3.38. The highest BCUT2D eigenvalue weighted by Crippen LogP contribution is 2.46. The van der Waals surface area contributed by atoms with Gasteiger partial charge in [0.15, 0.2) is 21.6 Å². The summed E-state index contributed by atoms with van der Waals surface area (Å²) in [6.07, 6.45) is 0.875. The van der Waals surface area contributed by atoms with E-state index in [-0.39, 0.29) is 10.7 Å². The third-order valence-corrected chi connectivity index (χ3v) is 10.3. The zero-order valence-electron chi connectivity index (χ0n) is 25.4. The lowest BCUT2D eigenvalue weighted by molar-refractivity contribution is -0.117. The smallest absolute Gasteiger partial charge is 0.296 e. The van der Waals surface area contributed by atoms with Gasteiger partial charge in [-0.05, 0) is 56.4 Å². The number of amides is 1. The number of ether oxygens (including phenoxy) is 2. The first-order chi connectivity index (χ1) is 21.1. The molecule has 0 fully saturated rings. The van der Waals surface area contributed by atoms with Gasteiger partial charge in [-0.15, -0.1) is 21.5 Å². The third-order valence-electron chi connectivity index (χ3n) is 7.10. The van der Waals surface area contributed by atoms with Crippen molar-refractivity contribution < 1.29 is 24.2 Å². The lowest BCUT2D eigenvalue weighted by Gasteiger charge is -2.25. The SMILES string of the molecule is COc1cc(C2C(C(=O)c3sc(C)nc3C)=C(O)C(=O)N2c2nnc(SCc3ccc(C)cc3)s2)ccc1OCCC(C)C. The van der Waals surface area contributed by atoms with Gasteiger partial charge in [-0.25, -0.2) is 4.98 Å². The van der Waals surface area contributed by atoms with Crippen LogP contribution in [0.15, 0.2) is 58.1 Å². The summed E-state index contributed by atoms with van der Waals surface area (Å²) in [5, 5.41) is 20.9. The van der Waals surface area contributed by atoms with E-state index in [9.17, 15) is 14.7 Å². The average molecular weight is 651 g/mol. The molecule has 4 aromatic rings. The monoisotopic (exact) mass is 650 g/mol. The zero-order valence-corrected chi connectivity index (χ0v) is 27.9. The molecule has 0 aliphatic carbocycles. The first kappa shape index (κ1) is 31.7. The molecule has 0 saturated carbocycles. The molecule has 2 aromatic heterocycles. The van der Waals surface area contributed by atoms with Crippen molar-refractivity contribution in [3.8, 4) is 11.5 Å². The third kappa shape index (κ3) is 6.67. The van der Waals surface area contributed by atoms with E-state index in [4.69, 9.17) is 9.47 Å². The molecule has 0 radical (unpaired) electrons. The number of thioether (sulfide) groups is 1. The van der Waals surface area contributed by atoms with Gasteiger partial charge in [0.25, 0.3) is 5.91 Å². The van der Waals surface area contributed by atoms with Gasteiger partial charge in [0.1, 0.15) is 0 Å². The second-order valence-corrected chi connectivity index (χ2v) is 14.3. The molecule has 1 aliphatic heterocycles. The first-order valence-corrected chi connectivity index (χ1v) is 16.8. The van der Waals surface area contributed by atoms with Crippen LogP contribution in [-0.2, 0) is 10.5 Å². The number of methoxy groups -OCH3 is 1. The lowest BCUT2D eigenvalue weighted by atomic mass is 9.95. The number of carbonyl (C=O) groups is 2. The van der Waals surface area contributed by atoms with Crippen molar-refractivity contribution in [3.63, 3.8) is 0 Å². The van der Waals surface area contributed by atoms with E-state index in [1.807, 2.05) is 13.8 Å². The van der Waals surface area contributed by atoms with Gasteiger partial charge in [0, 0.05) is 5.75 Å². The number of aromatic nitrogens is 3. The number of nitrogens with zero attached hydrogens (tertiary/aromatic N) is 4. The minimum absolute atomic E-state index is 0.0404. The minimum atomic E-state index is -0.974. The lowest BCUT2D eigenvalue weighted by Crippen LogP contribution is -2.31. The van der Waals surface area contributed by atoms with Crippen LogP contribution >= 0.6 is 34.4 Å². The number of Topliss-reactive ketones (excluding diaryl/α,β-unsaturated/α-hetero) is 1. The number of ketones is 1. The Morgan fingerprint density at radius 3 is 2.48 bits per heavy atom. The number of aliphatic hydroxyl groups is 1. The van der Waals surface area contributed by atoms with E-state index < -0.39 is 23.5 Å². The quantitative estimate of drug-likeness (QED) is 0.0950. The number of benzene rings is 2. The molecular formula is C32H34N4O5S3. The van der Waals surface area contributed by atoms with Crippen molar-refractivity contribution in [2.75, 3.05) is 18.6 Å². The van der Waals surface area contributed by atoms with E-state index in [0.717, 1.165) is 12.0 Å². The van der Waals surface area contributed by atoms with E-state index in [1.54, 1.807) is 25.1 Å². The molecule has 2 aromatic carbocycles. The Morgan fingerprint density at radius 2 is 1.82 bits per heavy atom. The largest absolute Gasteiger partial charge is 0.503 e. The van der Waals surface area contributed by atoms with Gasteiger partial charge < -0.3 is 14.6 Å². The molecule has 1 atom stereocenters. The number of anilines is 1. The van der Waals surface area contributed by atoms with Crippen LogP contribution in [0.3, 0.4) is 0 Å². The summed E-state index contributed by atoms with van der Waals surface area (Å²) in [7, 11) is 1.54. The maximum Gasteiger partial charge on any atom is 0.296 e. The molecule has 1 aliphatic rings. The average Bonchev–Trinajstić information content (AvgIpc) is 3.67.